The summed E-state index contributed by atoms with van der Waals surface area (Å²) in [6.45, 7) is 5.83. The van der Waals surface area contributed by atoms with Gasteiger partial charge in [-0.15, -0.1) is 0 Å². The number of nitrogens with zero attached hydrogens (tertiary/aromatic N) is 5. The largest absolute Gasteiger partial charge is 0.310 e. The van der Waals surface area contributed by atoms with Gasteiger partial charge in [0, 0.05) is 28.9 Å². The molecule has 0 unspecified atom stereocenters. The fourth-order valence-corrected chi connectivity index (χ4v) is 3.67. The van der Waals surface area contributed by atoms with E-state index in [0.717, 1.165) is 23.8 Å². The summed E-state index contributed by atoms with van der Waals surface area (Å²) in [5, 5.41) is 8.46. The molecule has 3 aromatic heterocycles. The number of halogens is 1. The molecule has 0 bridgehead atoms. The lowest BCUT2D eigenvalue weighted by Crippen LogP contribution is -2.28. The highest BCUT2D eigenvalue weighted by atomic mass is 19.1. The van der Waals surface area contributed by atoms with Gasteiger partial charge in [-0.25, -0.2) is 24.0 Å². The smallest absolute Gasteiger partial charge is 0.230 e. The fourth-order valence-electron chi connectivity index (χ4n) is 3.67. The van der Waals surface area contributed by atoms with Crippen LogP contribution in [0.1, 0.15) is 50.7 Å². The fraction of sp³-hybridized carbons (Fsp3) is 0.320. The monoisotopic (exact) mass is 444 g/mol. The van der Waals surface area contributed by atoms with Crippen LogP contribution in [0.2, 0.25) is 0 Å². The highest BCUT2D eigenvalue weighted by molar-refractivity contribution is 5.95. The maximum atomic E-state index is 14.3. The first kappa shape index (κ1) is 21.2. The van der Waals surface area contributed by atoms with Gasteiger partial charge in [0.2, 0.25) is 5.91 Å². The Morgan fingerprint density at radius 2 is 1.94 bits per heavy atom. The van der Waals surface area contributed by atoms with Crippen LogP contribution in [0.4, 0.5) is 10.2 Å². The SMILES string of the molecule is CC(C)(C)C(=O)Nc1nc(-c2nn(Cc3ccccc3F)c3ncccc23)ncc1C1CC1. The molecule has 33 heavy (non-hydrogen) atoms. The van der Waals surface area contributed by atoms with Crippen molar-refractivity contribution in [3.05, 3.63) is 65.7 Å². The molecule has 1 saturated carbocycles. The number of rotatable bonds is 5. The van der Waals surface area contributed by atoms with Crippen LogP contribution in [0.15, 0.2) is 48.8 Å². The van der Waals surface area contributed by atoms with Crippen LogP contribution < -0.4 is 5.32 Å². The van der Waals surface area contributed by atoms with Crippen LogP contribution >= 0.6 is 0 Å². The lowest BCUT2D eigenvalue weighted by Gasteiger charge is -2.19. The Morgan fingerprint density at radius 1 is 1.15 bits per heavy atom. The zero-order valence-electron chi connectivity index (χ0n) is 18.8. The number of amides is 1. The van der Waals surface area contributed by atoms with Gasteiger partial charge in [-0.2, -0.15) is 5.10 Å². The maximum Gasteiger partial charge on any atom is 0.230 e. The average Bonchev–Trinajstić information content (AvgIpc) is 3.57. The van der Waals surface area contributed by atoms with E-state index in [4.69, 9.17) is 10.1 Å². The van der Waals surface area contributed by atoms with E-state index in [-0.39, 0.29) is 18.3 Å². The van der Waals surface area contributed by atoms with E-state index in [1.54, 1.807) is 35.3 Å². The van der Waals surface area contributed by atoms with Crippen molar-refractivity contribution < 1.29 is 9.18 Å². The van der Waals surface area contributed by atoms with E-state index in [1.807, 2.05) is 32.9 Å². The molecule has 0 atom stereocenters. The van der Waals surface area contributed by atoms with Crippen LogP contribution in [0.5, 0.6) is 0 Å². The van der Waals surface area contributed by atoms with Gasteiger partial charge >= 0.3 is 0 Å². The van der Waals surface area contributed by atoms with Crippen LogP contribution in [-0.4, -0.2) is 30.6 Å². The second-order valence-corrected chi connectivity index (χ2v) is 9.45. The van der Waals surface area contributed by atoms with Crippen LogP contribution in [-0.2, 0) is 11.3 Å². The van der Waals surface area contributed by atoms with Gasteiger partial charge in [0.05, 0.1) is 11.9 Å². The van der Waals surface area contributed by atoms with Crippen molar-refractivity contribution in [3.8, 4) is 11.5 Å². The summed E-state index contributed by atoms with van der Waals surface area (Å²) in [7, 11) is 0. The highest BCUT2D eigenvalue weighted by Gasteiger charge is 2.30. The molecule has 0 radical (unpaired) electrons. The molecule has 1 aromatic carbocycles. The van der Waals surface area contributed by atoms with Gasteiger partial charge in [0.15, 0.2) is 11.5 Å². The van der Waals surface area contributed by atoms with Crippen molar-refractivity contribution in [3.63, 3.8) is 0 Å². The third-order valence-electron chi connectivity index (χ3n) is 5.74. The van der Waals surface area contributed by atoms with Gasteiger partial charge in [-0.05, 0) is 37.0 Å². The molecule has 7 nitrogen and oxygen atoms in total. The summed E-state index contributed by atoms with van der Waals surface area (Å²) >= 11 is 0. The molecule has 5 rings (SSSR count). The van der Waals surface area contributed by atoms with Crippen LogP contribution in [0, 0.1) is 11.2 Å². The number of pyridine rings is 1. The molecule has 0 aliphatic heterocycles. The van der Waals surface area contributed by atoms with E-state index in [1.165, 1.54) is 6.07 Å². The maximum absolute atomic E-state index is 14.3. The van der Waals surface area contributed by atoms with E-state index in [0.29, 0.717) is 34.5 Å². The lowest BCUT2D eigenvalue weighted by molar-refractivity contribution is -0.123. The Kier molecular flexibility index (Phi) is 5.15. The molecule has 1 aliphatic carbocycles. The minimum Gasteiger partial charge on any atom is -0.310 e. The number of nitrogens with one attached hydrogen (secondary N) is 1. The molecule has 168 valence electrons. The summed E-state index contributed by atoms with van der Waals surface area (Å²) in [5.41, 5.74) is 2.07. The number of benzene rings is 1. The Labute approximate surface area is 191 Å². The standard InChI is InChI=1S/C25H25FN6O/c1-25(2,3)24(33)30-21-18(15-10-11-15)13-28-22(29-21)20-17-8-6-12-27-23(17)32(31-20)14-16-7-4-5-9-19(16)26/h4-9,12-13,15H,10-11,14H2,1-3H3,(H,28,29,30,33). The summed E-state index contributed by atoms with van der Waals surface area (Å²) in [5.74, 6) is 0.893. The normalized spacial score (nSPS) is 13.9. The minimum atomic E-state index is -0.552. The van der Waals surface area contributed by atoms with Gasteiger partial charge in [-0.3, -0.25) is 4.79 Å². The molecular weight excluding hydrogens is 419 g/mol. The first-order valence-electron chi connectivity index (χ1n) is 11.0. The Hall–Kier alpha value is -3.68. The average molecular weight is 445 g/mol. The third kappa shape index (κ3) is 4.20. The molecular formula is C25H25FN6O. The highest BCUT2D eigenvalue weighted by Crippen LogP contribution is 2.43. The minimum absolute atomic E-state index is 0.106. The molecule has 1 aliphatic rings. The Morgan fingerprint density at radius 3 is 2.67 bits per heavy atom. The number of fused-ring (bicyclic) bond motifs is 1. The van der Waals surface area contributed by atoms with E-state index in [2.05, 4.69) is 15.3 Å². The third-order valence-corrected chi connectivity index (χ3v) is 5.74. The topological polar surface area (TPSA) is 85.6 Å². The summed E-state index contributed by atoms with van der Waals surface area (Å²) in [6, 6.07) is 10.3. The predicted molar refractivity (Wildman–Crippen MR) is 124 cm³/mol. The first-order valence-corrected chi connectivity index (χ1v) is 11.0. The summed E-state index contributed by atoms with van der Waals surface area (Å²) in [4.78, 5) is 26.5. The number of hydrogen-bond donors (Lipinski definition) is 1. The second kappa shape index (κ2) is 8.03. The number of hydrogen-bond acceptors (Lipinski definition) is 5. The number of carbonyl (C=O) groups excluding carboxylic acids is 1. The van der Waals surface area contributed by atoms with Crippen molar-refractivity contribution in [1.29, 1.82) is 0 Å². The summed E-state index contributed by atoms with van der Waals surface area (Å²) in [6.07, 6.45) is 5.59. The Balaban J connectivity index is 1.58. The molecule has 1 amide bonds. The zero-order chi connectivity index (χ0) is 23.2. The molecule has 8 heteroatoms. The molecule has 1 fully saturated rings. The first-order chi connectivity index (χ1) is 15.8. The quantitative estimate of drug-likeness (QED) is 0.471. The van der Waals surface area contributed by atoms with Crippen LogP contribution in [0.25, 0.3) is 22.6 Å². The zero-order valence-corrected chi connectivity index (χ0v) is 18.8. The van der Waals surface area contributed by atoms with E-state index >= 15 is 0 Å². The predicted octanol–water partition coefficient (Wildman–Crippen LogP) is 4.94. The van der Waals surface area contributed by atoms with E-state index in [9.17, 15) is 9.18 Å². The van der Waals surface area contributed by atoms with Crippen LogP contribution in [0.3, 0.4) is 0 Å². The van der Waals surface area contributed by atoms with E-state index < -0.39 is 5.41 Å². The van der Waals surface area contributed by atoms with Crippen molar-refractivity contribution in [2.45, 2.75) is 46.1 Å². The molecule has 0 saturated heterocycles. The molecule has 4 aromatic rings. The van der Waals surface area contributed by atoms with Crippen molar-refractivity contribution in [1.82, 2.24) is 24.7 Å². The number of aromatic nitrogens is 5. The van der Waals surface area contributed by atoms with Gasteiger partial charge in [0.1, 0.15) is 17.3 Å². The molecule has 1 N–H and O–H groups in total. The Bertz CT molecular complexity index is 1350. The van der Waals surface area contributed by atoms with Crippen molar-refractivity contribution >= 4 is 22.8 Å². The van der Waals surface area contributed by atoms with Crippen molar-refractivity contribution in [2.24, 2.45) is 5.41 Å². The van der Waals surface area contributed by atoms with Gasteiger partial charge < -0.3 is 5.32 Å². The van der Waals surface area contributed by atoms with Gasteiger partial charge in [-0.1, -0.05) is 39.0 Å². The summed E-state index contributed by atoms with van der Waals surface area (Å²) < 4.78 is 15.9. The molecule has 0 spiro atoms. The van der Waals surface area contributed by atoms with Crippen molar-refractivity contribution in [2.75, 3.05) is 5.32 Å². The number of carbonyl (C=O) groups is 1. The second-order valence-electron chi connectivity index (χ2n) is 9.45. The van der Waals surface area contributed by atoms with Gasteiger partial charge in [0.25, 0.3) is 0 Å². The number of anilines is 1. The lowest BCUT2D eigenvalue weighted by atomic mass is 9.95. The molecule has 3 heterocycles.